The lowest BCUT2D eigenvalue weighted by Crippen LogP contribution is -2.45. The number of hydrogen-bond donors (Lipinski definition) is 0. The van der Waals surface area contributed by atoms with E-state index in [1.165, 1.54) is 44.6 Å². The number of hydrogen-bond acceptors (Lipinski definition) is 4. The molecule has 1 spiro atoms. The SMILES string of the molecule is COC[C@H]1CN(Cc2ccco2)CC12CCN(CCc1ccccc1)CC2. The Kier molecular flexibility index (Phi) is 5.96. The monoisotopic (exact) mass is 368 g/mol. The van der Waals surface area contributed by atoms with E-state index in [1.54, 1.807) is 6.26 Å². The summed E-state index contributed by atoms with van der Waals surface area (Å²) in [5, 5.41) is 0. The highest BCUT2D eigenvalue weighted by molar-refractivity contribution is 5.15. The molecule has 2 aliphatic rings. The van der Waals surface area contributed by atoms with E-state index in [-0.39, 0.29) is 0 Å². The quantitative estimate of drug-likeness (QED) is 0.745. The molecule has 4 heteroatoms. The summed E-state index contributed by atoms with van der Waals surface area (Å²) in [4.78, 5) is 5.22. The Bertz CT molecular complexity index is 678. The maximum atomic E-state index is 5.61. The topological polar surface area (TPSA) is 28.9 Å². The van der Waals surface area contributed by atoms with Crippen LogP contribution in [0.4, 0.5) is 0 Å². The molecule has 0 unspecified atom stereocenters. The molecule has 27 heavy (non-hydrogen) atoms. The lowest BCUT2D eigenvalue weighted by molar-refractivity contribution is 0.0377. The predicted octanol–water partition coefficient (Wildman–Crippen LogP) is 3.68. The molecule has 2 saturated heterocycles. The normalized spacial score (nSPS) is 23.2. The number of ether oxygens (including phenoxy) is 1. The van der Waals surface area contributed by atoms with Crippen LogP contribution >= 0.6 is 0 Å². The van der Waals surface area contributed by atoms with E-state index < -0.39 is 0 Å². The summed E-state index contributed by atoms with van der Waals surface area (Å²) < 4.78 is 11.2. The molecular formula is C23H32N2O2. The Labute approximate surface area is 163 Å². The molecule has 1 aromatic carbocycles. The van der Waals surface area contributed by atoms with Gasteiger partial charge in [-0.05, 0) is 55.5 Å². The van der Waals surface area contributed by atoms with E-state index in [1.807, 2.05) is 13.2 Å². The summed E-state index contributed by atoms with van der Waals surface area (Å²) >= 11 is 0. The van der Waals surface area contributed by atoms with Crippen LogP contribution < -0.4 is 0 Å². The molecule has 2 fully saturated rings. The molecule has 2 aromatic rings. The molecule has 0 amide bonds. The Balaban J connectivity index is 1.33. The number of likely N-dealkylation sites (tertiary alicyclic amines) is 2. The first kappa shape index (κ1) is 18.7. The lowest BCUT2D eigenvalue weighted by atomic mass is 9.71. The third-order valence-electron chi connectivity index (χ3n) is 6.62. The molecule has 0 aliphatic carbocycles. The molecule has 4 nitrogen and oxygen atoms in total. The minimum absolute atomic E-state index is 0.409. The van der Waals surface area contributed by atoms with Crippen LogP contribution in [-0.4, -0.2) is 56.2 Å². The smallest absolute Gasteiger partial charge is 0.117 e. The minimum atomic E-state index is 0.409. The van der Waals surface area contributed by atoms with Crippen molar-refractivity contribution in [3.8, 4) is 0 Å². The number of methoxy groups -OCH3 is 1. The average molecular weight is 369 g/mol. The molecule has 0 N–H and O–H groups in total. The minimum Gasteiger partial charge on any atom is -0.468 e. The van der Waals surface area contributed by atoms with E-state index >= 15 is 0 Å². The molecule has 146 valence electrons. The summed E-state index contributed by atoms with van der Waals surface area (Å²) in [5.41, 5.74) is 1.85. The van der Waals surface area contributed by atoms with Gasteiger partial charge in [-0.3, -0.25) is 4.90 Å². The van der Waals surface area contributed by atoms with Gasteiger partial charge in [-0.15, -0.1) is 0 Å². The zero-order valence-corrected chi connectivity index (χ0v) is 16.5. The van der Waals surface area contributed by atoms with Crippen LogP contribution in [0.2, 0.25) is 0 Å². The fourth-order valence-electron chi connectivity index (χ4n) is 5.04. The molecule has 0 saturated carbocycles. The van der Waals surface area contributed by atoms with Gasteiger partial charge in [0.25, 0.3) is 0 Å². The van der Waals surface area contributed by atoms with Gasteiger partial charge in [0.2, 0.25) is 0 Å². The zero-order valence-electron chi connectivity index (χ0n) is 16.5. The average Bonchev–Trinajstić information content (AvgIpc) is 3.32. The van der Waals surface area contributed by atoms with Crippen LogP contribution in [0, 0.1) is 11.3 Å². The maximum absolute atomic E-state index is 5.61. The van der Waals surface area contributed by atoms with Gasteiger partial charge in [0.05, 0.1) is 19.4 Å². The molecule has 0 bridgehead atoms. The van der Waals surface area contributed by atoms with E-state index in [0.29, 0.717) is 11.3 Å². The Morgan fingerprint density at radius 3 is 2.59 bits per heavy atom. The Hall–Kier alpha value is -1.62. The fraction of sp³-hybridized carbons (Fsp3) is 0.565. The van der Waals surface area contributed by atoms with Crippen molar-refractivity contribution in [2.75, 3.05) is 46.4 Å². The van der Waals surface area contributed by atoms with Gasteiger partial charge in [-0.25, -0.2) is 0 Å². The van der Waals surface area contributed by atoms with Gasteiger partial charge in [0.15, 0.2) is 0 Å². The van der Waals surface area contributed by atoms with Crippen molar-refractivity contribution >= 4 is 0 Å². The van der Waals surface area contributed by atoms with Gasteiger partial charge in [-0.1, -0.05) is 30.3 Å². The number of nitrogens with zero attached hydrogens (tertiary/aromatic N) is 2. The van der Waals surface area contributed by atoms with E-state index in [2.05, 4.69) is 46.2 Å². The van der Waals surface area contributed by atoms with Crippen LogP contribution in [-0.2, 0) is 17.7 Å². The second kappa shape index (κ2) is 8.59. The maximum Gasteiger partial charge on any atom is 0.117 e. The Morgan fingerprint density at radius 2 is 1.89 bits per heavy atom. The summed E-state index contributed by atoms with van der Waals surface area (Å²) in [6.07, 6.45) is 5.49. The second-order valence-corrected chi connectivity index (χ2v) is 8.34. The van der Waals surface area contributed by atoms with Crippen molar-refractivity contribution in [1.29, 1.82) is 0 Å². The van der Waals surface area contributed by atoms with Gasteiger partial charge in [0.1, 0.15) is 5.76 Å². The fourth-order valence-corrected chi connectivity index (χ4v) is 5.04. The molecule has 1 aromatic heterocycles. The van der Waals surface area contributed by atoms with Crippen molar-refractivity contribution in [1.82, 2.24) is 9.80 Å². The van der Waals surface area contributed by atoms with Crippen molar-refractivity contribution in [3.63, 3.8) is 0 Å². The van der Waals surface area contributed by atoms with Crippen molar-refractivity contribution in [2.45, 2.75) is 25.8 Å². The highest BCUT2D eigenvalue weighted by Gasteiger charge is 2.47. The highest BCUT2D eigenvalue weighted by Crippen LogP contribution is 2.45. The number of benzene rings is 1. The van der Waals surface area contributed by atoms with Crippen LogP contribution in [0.3, 0.4) is 0 Å². The standard InChI is InChI=1S/C23H32N2O2/c1-26-18-21-16-25(17-22-8-5-15-27-22)19-23(21)10-13-24(14-11-23)12-9-20-6-3-2-4-7-20/h2-8,15,21H,9-14,16-19H2,1H3/t21-/m1/s1. The van der Waals surface area contributed by atoms with Gasteiger partial charge in [-0.2, -0.15) is 0 Å². The third-order valence-corrected chi connectivity index (χ3v) is 6.62. The lowest BCUT2D eigenvalue weighted by Gasteiger charge is -2.42. The first-order valence-electron chi connectivity index (χ1n) is 10.3. The van der Waals surface area contributed by atoms with Crippen molar-refractivity contribution < 1.29 is 9.15 Å². The zero-order chi connectivity index (χ0) is 18.5. The third kappa shape index (κ3) is 4.45. The molecule has 4 rings (SSSR count). The van der Waals surface area contributed by atoms with E-state index in [0.717, 1.165) is 31.9 Å². The number of rotatable bonds is 7. The number of piperidine rings is 1. The summed E-state index contributed by atoms with van der Waals surface area (Å²) in [5.74, 6) is 1.71. The van der Waals surface area contributed by atoms with E-state index in [9.17, 15) is 0 Å². The summed E-state index contributed by atoms with van der Waals surface area (Å²) in [7, 11) is 1.85. The largest absolute Gasteiger partial charge is 0.468 e. The molecule has 3 heterocycles. The van der Waals surface area contributed by atoms with Crippen LogP contribution in [0.5, 0.6) is 0 Å². The van der Waals surface area contributed by atoms with Crippen LogP contribution in [0.15, 0.2) is 53.1 Å². The van der Waals surface area contributed by atoms with Gasteiger partial charge >= 0.3 is 0 Å². The van der Waals surface area contributed by atoms with E-state index in [4.69, 9.17) is 9.15 Å². The molecular weight excluding hydrogens is 336 g/mol. The second-order valence-electron chi connectivity index (χ2n) is 8.34. The van der Waals surface area contributed by atoms with Crippen LogP contribution in [0.1, 0.15) is 24.2 Å². The molecule has 2 aliphatic heterocycles. The van der Waals surface area contributed by atoms with Crippen LogP contribution in [0.25, 0.3) is 0 Å². The summed E-state index contributed by atoms with van der Waals surface area (Å²) in [6, 6.07) is 14.9. The van der Waals surface area contributed by atoms with Gasteiger partial charge in [0, 0.05) is 32.7 Å². The molecule has 1 atom stereocenters. The number of furan rings is 1. The summed E-state index contributed by atoms with van der Waals surface area (Å²) in [6.45, 7) is 7.69. The van der Waals surface area contributed by atoms with Crippen molar-refractivity contribution in [3.05, 3.63) is 60.1 Å². The van der Waals surface area contributed by atoms with Gasteiger partial charge < -0.3 is 14.1 Å². The predicted molar refractivity (Wildman–Crippen MR) is 108 cm³/mol. The Morgan fingerprint density at radius 1 is 1.07 bits per heavy atom. The molecule has 0 radical (unpaired) electrons. The first-order chi connectivity index (χ1) is 13.3. The first-order valence-corrected chi connectivity index (χ1v) is 10.3. The van der Waals surface area contributed by atoms with Crippen molar-refractivity contribution in [2.24, 2.45) is 11.3 Å². The highest BCUT2D eigenvalue weighted by atomic mass is 16.5.